The number of aliphatic hydroxyl groups is 1. The smallest absolute Gasteiger partial charge is 0.315 e. The largest absolute Gasteiger partial charge is 0.387 e. The SMILES string of the molecule is C[C@@H](NC(=O)NC[C@@H](O)c1ccccc1)c1nnc2ccccn12. The molecule has 2 amide bonds. The predicted molar refractivity (Wildman–Crippen MR) is 89.3 cm³/mol. The highest BCUT2D eigenvalue weighted by Crippen LogP contribution is 2.12. The highest BCUT2D eigenvalue weighted by atomic mass is 16.3. The Morgan fingerprint density at radius 3 is 2.71 bits per heavy atom. The van der Waals surface area contributed by atoms with Crippen molar-refractivity contribution in [2.75, 3.05) is 6.54 Å². The summed E-state index contributed by atoms with van der Waals surface area (Å²) >= 11 is 0. The van der Waals surface area contributed by atoms with Crippen molar-refractivity contribution in [2.24, 2.45) is 0 Å². The van der Waals surface area contributed by atoms with E-state index >= 15 is 0 Å². The van der Waals surface area contributed by atoms with Gasteiger partial charge in [0.2, 0.25) is 0 Å². The Morgan fingerprint density at radius 2 is 1.92 bits per heavy atom. The van der Waals surface area contributed by atoms with Crippen LogP contribution in [0.25, 0.3) is 5.65 Å². The quantitative estimate of drug-likeness (QED) is 0.667. The lowest BCUT2D eigenvalue weighted by atomic mass is 10.1. The molecule has 7 nitrogen and oxygen atoms in total. The van der Waals surface area contributed by atoms with E-state index in [9.17, 15) is 9.90 Å². The second kappa shape index (κ2) is 7.10. The summed E-state index contributed by atoms with van der Waals surface area (Å²) in [7, 11) is 0. The number of aromatic nitrogens is 3. The van der Waals surface area contributed by atoms with Crippen LogP contribution in [0.5, 0.6) is 0 Å². The average molecular weight is 325 g/mol. The Kier molecular flexibility index (Phi) is 4.72. The van der Waals surface area contributed by atoms with Gasteiger partial charge in [-0.2, -0.15) is 0 Å². The molecule has 2 atom stereocenters. The van der Waals surface area contributed by atoms with Crippen molar-refractivity contribution in [3.8, 4) is 0 Å². The van der Waals surface area contributed by atoms with E-state index in [1.165, 1.54) is 0 Å². The minimum Gasteiger partial charge on any atom is -0.387 e. The fraction of sp³-hybridized carbons (Fsp3) is 0.235. The van der Waals surface area contributed by atoms with E-state index in [0.29, 0.717) is 5.82 Å². The van der Waals surface area contributed by atoms with E-state index in [1.807, 2.05) is 66.1 Å². The molecule has 0 spiro atoms. The molecular formula is C17H19N5O2. The Bertz CT molecular complexity index is 818. The van der Waals surface area contributed by atoms with Crippen LogP contribution in [0.2, 0.25) is 0 Å². The zero-order chi connectivity index (χ0) is 16.9. The van der Waals surface area contributed by atoms with Crippen molar-refractivity contribution in [3.05, 3.63) is 66.1 Å². The van der Waals surface area contributed by atoms with Crippen LogP contribution in [0.15, 0.2) is 54.7 Å². The van der Waals surface area contributed by atoms with Crippen LogP contribution < -0.4 is 10.6 Å². The lowest BCUT2D eigenvalue weighted by Gasteiger charge is -2.15. The van der Waals surface area contributed by atoms with Crippen LogP contribution in [0, 0.1) is 0 Å². The third-order valence-electron chi connectivity index (χ3n) is 3.72. The van der Waals surface area contributed by atoms with E-state index in [0.717, 1.165) is 11.2 Å². The van der Waals surface area contributed by atoms with Crippen molar-refractivity contribution in [1.82, 2.24) is 25.2 Å². The average Bonchev–Trinajstić information content (AvgIpc) is 3.04. The molecule has 3 N–H and O–H groups in total. The monoisotopic (exact) mass is 325 g/mol. The number of nitrogens with zero attached hydrogens (tertiary/aromatic N) is 3. The highest BCUT2D eigenvalue weighted by Gasteiger charge is 2.16. The summed E-state index contributed by atoms with van der Waals surface area (Å²) in [6.45, 7) is 1.96. The standard InChI is InChI=1S/C17H19N5O2/c1-12(16-21-20-15-9-5-6-10-22(15)16)19-17(24)18-11-14(23)13-7-3-2-4-8-13/h2-10,12,14,23H,11H2,1H3,(H2,18,19,24)/t12-,14-/m1/s1. The van der Waals surface area contributed by atoms with Gasteiger partial charge in [0.05, 0.1) is 12.1 Å². The van der Waals surface area contributed by atoms with Crippen LogP contribution in [-0.4, -0.2) is 32.3 Å². The van der Waals surface area contributed by atoms with Crippen molar-refractivity contribution in [3.63, 3.8) is 0 Å². The number of aliphatic hydroxyl groups excluding tert-OH is 1. The molecule has 0 aliphatic rings. The Morgan fingerprint density at radius 1 is 1.17 bits per heavy atom. The normalized spacial score (nSPS) is 13.4. The fourth-order valence-electron chi connectivity index (χ4n) is 2.45. The van der Waals surface area contributed by atoms with Gasteiger partial charge in [-0.05, 0) is 24.6 Å². The zero-order valence-electron chi connectivity index (χ0n) is 13.3. The number of urea groups is 1. The molecule has 0 saturated heterocycles. The Balaban J connectivity index is 1.57. The van der Waals surface area contributed by atoms with Gasteiger partial charge in [-0.25, -0.2) is 4.79 Å². The molecule has 0 saturated carbocycles. The van der Waals surface area contributed by atoms with Gasteiger partial charge >= 0.3 is 6.03 Å². The van der Waals surface area contributed by atoms with E-state index in [4.69, 9.17) is 0 Å². The third-order valence-corrected chi connectivity index (χ3v) is 3.72. The topological polar surface area (TPSA) is 91.5 Å². The molecule has 2 heterocycles. The number of amides is 2. The number of pyridine rings is 1. The number of carbonyl (C=O) groups excluding carboxylic acids is 1. The molecule has 0 aliphatic carbocycles. The molecule has 124 valence electrons. The van der Waals surface area contributed by atoms with Crippen LogP contribution >= 0.6 is 0 Å². The van der Waals surface area contributed by atoms with Crippen molar-refractivity contribution in [1.29, 1.82) is 0 Å². The molecule has 0 unspecified atom stereocenters. The Labute approximate surface area is 139 Å². The molecule has 24 heavy (non-hydrogen) atoms. The van der Waals surface area contributed by atoms with Crippen LogP contribution in [0.4, 0.5) is 4.79 Å². The summed E-state index contributed by atoms with van der Waals surface area (Å²) in [6.07, 6.45) is 1.10. The van der Waals surface area contributed by atoms with Gasteiger partial charge in [0.1, 0.15) is 0 Å². The first-order valence-corrected chi connectivity index (χ1v) is 7.72. The lowest BCUT2D eigenvalue weighted by Crippen LogP contribution is -2.39. The van der Waals surface area contributed by atoms with Gasteiger partial charge in [-0.1, -0.05) is 36.4 Å². The molecule has 3 rings (SSSR count). The number of rotatable bonds is 5. The Hall–Kier alpha value is -2.93. The number of hydrogen-bond donors (Lipinski definition) is 3. The summed E-state index contributed by atoms with van der Waals surface area (Å²) in [6, 6.07) is 14.1. The summed E-state index contributed by atoms with van der Waals surface area (Å²) in [5.41, 5.74) is 1.48. The van der Waals surface area contributed by atoms with Crippen molar-refractivity contribution in [2.45, 2.75) is 19.1 Å². The van der Waals surface area contributed by atoms with Gasteiger partial charge in [0.15, 0.2) is 11.5 Å². The van der Waals surface area contributed by atoms with Crippen LogP contribution in [-0.2, 0) is 0 Å². The summed E-state index contributed by atoms with van der Waals surface area (Å²) in [5, 5.41) is 23.7. The number of benzene rings is 1. The minimum atomic E-state index is -0.749. The number of nitrogens with one attached hydrogen (secondary N) is 2. The predicted octanol–water partition coefficient (Wildman–Crippen LogP) is 1.82. The van der Waals surface area contributed by atoms with Gasteiger partial charge in [0.25, 0.3) is 0 Å². The number of carbonyl (C=O) groups is 1. The summed E-state index contributed by atoms with van der Waals surface area (Å²) < 4.78 is 1.82. The summed E-state index contributed by atoms with van der Waals surface area (Å²) in [4.78, 5) is 12.0. The van der Waals surface area contributed by atoms with Gasteiger partial charge in [-0.3, -0.25) is 4.40 Å². The first-order valence-electron chi connectivity index (χ1n) is 7.72. The number of fused-ring (bicyclic) bond motifs is 1. The molecule has 7 heteroatoms. The van der Waals surface area contributed by atoms with Gasteiger partial charge in [0, 0.05) is 12.7 Å². The maximum atomic E-state index is 12.0. The maximum absolute atomic E-state index is 12.0. The fourth-order valence-corrected chi connectivity index (χ4v) is 2.45. The first-order chi connectivity index (χ1) is 11.6. The number of hydrogen-bond acceptors (Lipinski definition) is 4. The molecule has 0 radical (unpaired) electrons. The first kappa shape index (κ1) is 15.9. The molecule has 1 aromatic carbocycles. The molecular weight excluding hydrogens is 306 g/mol. The second-order valence-electron chi connectivity index (χ2n) is 5.49. The van der Waals surface area contributed by atoms with E-state index in [1.54, 1.807) is 0 Å². The summed E-state index contributed by atoms with van der Waals surface area (Å²) in [5.74, 6) is 0.643. The van der Waals surface area contributed by atoms with Crippen LogP contribution in [0.3, 0.4) is 0 Å². The van der Waals surface area contributed by atoms with Crippen molar-refractivity contribution < 1.29 is 9.90 Å². The molecule has 3 aromatic rings. The molecule has 0 aliphatic heterocycles. The minimum absolute atomic E-state index is 0.128. The van der Waals surface area contributed by atoms with Gasteiger partial charge < -0.3 is 15.7 Å². The second-order valence-corrected chi connectivity index (χ2v) is 5.49. The third kappa shape index (κ3) is 3.52. The molecule has 0 bridgehead atoms. The lowest BCUT2D eigenvalue weighted by molar-refractivity contribution is 0.172. The van der Waals surface area contributed by atoms with Crippen molar-refractivity contribution >= 4 is 11.7 Å². The highest BCUT2D eigenvalue weighted by molar-refractivity contribution is 5.74. The van der Waals surface area contributed by atoms with E-state index in [-0.39, 0.29) is 18.6 Å². The van der Waals surface area contributed by atoms with E-state index < -0.39 is 6.10 Å². The zero-order valence-corrected chi connectivity index (χ0v) is 13.3. The van der Waals surface area contributed by atoms with Crippen LogP contribution in [0.1, 0.15) is 30.5 Å². The molecule has 2 aromatic heterocycles. The van der Waals surface area contributed by atoms with E-state index in [2.05, 4.69) is 20.8 Å². The van der Waals surface area contributed by atoms with Gasteiger partial charge in [-0.15, -0.1) is 10.2 Å². The maximum Gasteiger partial charge on any atom is 0.315 e. The molecule has 0 fully saturated rings.